The second-order valence-electron chi connectivity index (χ2n) is 5.83. The predicted molar refractivity (Wildman–Crippen MR) is 90.9 cm³/mol. The lowest BCUT2D eigenvalue weighted by Gasteiger charge is -2.29. The summed E-state index contributed by atoms with van der Waals surface area (Å²) in [5, 5.41) is 5.82. The predicted octanol–water partition coefficient (Wildman–Crippen LogP) is 3.72. The summed E-state index contributed by atoms with van der Waals surface area (Å²) in [5.74, 6) is 1.14. The van der Waals surface area contributed by atoms with Gasteiger partial charge in [-0.05, 0) is 58.3 Å². The van der Waals surface area contributed by atoms with E-state index in [1.807, 2.05) is 17.5 Å². The Hall–Kier alpha value is -0.910. The molecule has 0 unspecified atom stereocenters. The summed E-state index contributed by atoms with van der Waals surface area (Å²) in [4.78, 5) is 8.66. The molecule has 3 heterocycles. The highest BCUT2D eigenvalue weighted by atomic mass is 79.9. The van der Waals surface area contributed by atoms with Crippen molar-refractivity contribution < 1.29 is 0 Å². The van der Waals surface area contributed by atoms with Crippen LogP contribution < -0.4 is 10.2 Å². The minimum atomic E-state index is 0.724. The zero-order valence-electron chi connectivity index (χ0n) is 11.8. The molecule has 2 aromatic heterocycles. The van der Waals surface area contributed by atoms with Gasteiger partial charge in [-0.2, -0.15) is 0 Å². The Kier molecular flexibility index (Phi) is 3.73. The van der Waals surface area contributed by atoms with Crippen LogP contribution in [0.25, 0.3) is 0 Å². The lowest BCUT2D eigenvalue weighted by atomic mass is 10.1. The second kappa shape index (κ2) is 5.71. The van der Waals surface area contributed by atoms with Crippen LogP contribution in [0.15, 0.2) is 28.2 Å². The number of nitrogens with zero attached hydrogens (tertiary/aromatic N) is 2. The van der Waals surface area contributed by atoms with Gasteiger partial charge in [-0.15, -0.1) is 11.3 Å². The summed E-state index contributed by atoms with van der Waals surface area (Å²) in [7, 11) is 0. The normalized spacial score (nSPS) is 17.9. The van der Waals surface area contributed by atoms with Crippen molar-refractivity contribution in [2.24, 2.45) is 0 Å². The molecule has 0 radical (unpaired) electrons. The average molecular weight is 364 g/mol. The van der Waals surface area contributed by atoms with Crippen molar-refractivity contribution in [1.82, 2.24) is 10.3 Å². The van der Waals surface area contributed by atoms with E-state index in [1.165, 1.54) is 24.0 Å². The van der Waals surface area contributed by atoms with Gasteiger partial charge >= 0.3 is 0 Å². The fraction of sp³-hybridized carbons (Fsp3) is 0.438. The Morgan fingerprint density at radius 1 is 1.43 bits per heavy atom. The molecule has 0 amide bonds. The smallest absolute Gasteiger partial charge is 0.133 e. The van der Waals surface area contributed by atoms with Crippen LogP contribution in [0.2, 0.25) is 0 Å². The molecule has 0 atom stereocenters. The molecule has 3 nitrogen and oxygen atoms in total. The minimum Gasteiger partial charge on any atom is -0.352 e. The van der Waals surface area contributed by atoms with Crippen molar-refractivity contribution >= 4 is 33.1 Å². The highest BCUT2D eigenvalue weighted by Gasteiger charge is 2.23. The van der Waals surface area contributed by atoms with E-state index < -0.39 is 0 Å². The molecular formula is C16H18BrN3S. The van der Waals surface area contributed by atoms with Gasteiger partial charge in [0.2, 0.25) is 0 Å². The number of aromatic nitrogens is 1. The van der Waals surface area contributed by atoms with Gasteiger partial charge in [-0.3, -0.25) is 0 Å². The van der Waals surface area contributed by atoms with Gasteiger partial charge in [0, 0.05) is 46.8 Å². The molecule has 0 saturated heterocycles. The molecule has 110 valence electrons. The molecule has 21 heavy (non-hydrogen) atoms. The molecule has 1 saturated carbocycles. The zero-order chi connectivity index (χ0) is 14.2. The molecule has 2 aliphatic rings. The highest BCUT2D eigenvalue weighted by Crippen LogP contribution is 2.30. The summed E-state index contributed by atoms with van der Waals surface area (Å²) in [5.41, 5.74) is 2.77. The molecule has 2 aromatic rings. The summed E-state index contributed by atoms with van der Waals surface area (Å²) in [6, 6.07) is 5.19. The van der Waals surface area contributed by atoms with Gasteiger partial charge in [0.15, 0.2) is 0 Å². The molecule has 0 bridgehead atoms. The van der Waals surface area contributed by atoms with E-state index in [9.17, 15) is 0 Å². The van der Waals surface area contributed by atoms with Crippen molar-refractivity contribution in [1.29, 1.82) is 0 Å². The fourth-order valence-electron chi connectivity index (χ4n) is 2.86. The minimum absolute atomic E-state index is 0.724. The number of hydrogen-bond donors (Lipinski definition) is 1. The average Bonchev–Trinajstić information content (AvgIpc) is 3.20. The monoisotopic (exact) mass is 363 g/mol. The SMILES string of the molecule is Brc1cnc(N2CCc3sccc3C2)c(CNC2CC2)c1. The number of nitrogens with one attached hydrogen (secondary N) is 1. The van der Waals surface area contributed by atoms with Gasteiger partial charge in [-0.1, -0.05) is 0 Å². The lowest BCUT2D eigenvalue weighted by Crippen LogP contribution is -2.31. The summed E-state index contributed by atoms with van der Waals surface area (Å²) in [6.07, 6.45) is 5.69. The van der Waals surface area contributed by atoms with Gasteiger partial charge in [0.25, 0.3) is 0 Å². The maximum Gasteiger partial charge on any atom is 0.133 e. The van der Waals surface area contributed by atoms with E-state index in [0.717, 1.165) is 42.4 Å². The summed E-state index contributed by atoms with van der Waals surface area (Å²) >= 11 is 5.44. The van der Waals surface area contributed by atoms with Crippen LogP contribution in [0.4, 0.5) is 5.82 Å². The lowest BCUT2D eigenvalue weighted by molar-refractivity contribution is 0.671. The number of fused-ring (bicyclic) bond motifs is 1. The van der Waals surface area contributed by atoms with Crippen LogP contribution in [-0.4, -0.2) is 17.6 Å². The van der Waals surface area contributed by atoms with Gasteiger partial charge in [0.1, 0.15) is 5.82 Å². The van der Waals surface area contributed by atoms with Crippen molar-refractivity contribution in [3.63, 3.8) is 0 Å². The number of pyridine rings is 1. The third kappa shape index (κ3) is 3.00. The highest BCUT2D eigenvalue weighted by molar-refractivity contribution is 9.10. The number of anilines is 1. The molecule has 0 spiro atoms. The van der Waals surface area contributed by atoms with Crippen LogP contribution >= 0.6 is 27.3 Å². The van der Waals surface area contributed by atoms with Gasteiger partial charge < -0.3 is 10.2 Å². The van der Waals surface area contributed by atoms with Crippen LogP contribution in [0.3, 0.4) is 0 Å². The van der Waals surface area contributed by atoms with Crippen molar-refractivity contribution in [3.05, 3.63) is 44.2 Å². The Bertz CT molecular complexity index is 651. The number of thiophene rings is 1. The van der Waals surface area contributed by atoms with E-state index >= 15 is 0 Å². The number of halogens is 1. The molecule has 1 aliphatic carbocycles. The first-order valence-electron chi connectivity index (χ1n) is 7.47. The first-order chi connectivity index (χ1) is 10.3. The largest absolute Gasteiger partial charge is 0.352 e. The standard InChI is InChI=1S/C16H18BrN3S/c17-13-7-12(8-18-14-1-2-14)16(19-9-13)20-5-3-15-11(10-20)4-6-21-15/h4,6-7,9,14,18H,1-3,5,8,10H2. The van der Waals surface area contributed by atoms with Crippen LogP contribution in [0.5, 0.6) is 0 Å². The van der Waals surface area contributed by atoms with E-state index in [0.29, 0.717) is 0 Å². The third-order valence-electron chi connectivity index (χ3n) is 4.18. The molecule has 1 aliphatic heterocycles. The quantitative estimate of drug-likeness (QED) is 0.896. The Morgan fingerprint density at radius 3 is 3.19 bits per heavy atom. The van der Waals surface area contributed by atoms with Crippen molar-refractivity contribution in [2.75, 3.05) is 11.4 Å². The molecule has 5 heteroatoms. The molecule has 0 aromatic carbocycles. The van der Waals surface area contributed by atoms with E-state index in [-0.39, 0.29) is 0 Å². The first-order valence-corrected chi connectivity index (χ1v) is 9.15. The van der Waals surface area contributed by atoms with Crippen LogP contribution in [-0.2, 0) is 19.5 Å². The second-order valence-corrected chi connectivity index (χ2v) is 7.75. The number of hydrogen-bond acceptors (Lipinski definition) is 4. The number of rotatable bonds is 4. The Labute approximate surface area is 137 Å². The molecular weight excluding hydrogens is 346 g/mol. The zero-order valence-corrected chi connectivity index (χ0v) is 14.2. The maximum atomic E-state index is 4.70. The topological polar surface area (TPSA) is 28.2 Å². The molecule has 1 N–H and O–H groups in total. The van der Waals surface area contributed by atoms with Crippen molar-refractivity contribution in [3.8, 4) is 0 Å². The van der Waals surface area contributed by atoms with Gasteiger partial charge in [0.05, 0.1) is 0 Å². The Morgan fingerprint density at radius 2 is 2.33 bits per heavy atom. The van der Waals surface area contributed by atoms with E-state index in [2.05, 4.69) is 43.7 Å². The molecule has 4 rings (SSSR count). The fourth-order valence-corrected chi connectivity index (χ4v) is 4.13. The van der Waals surface area contributed by atoms with Crippen LogP contribution in [0, 0.1) is 0 Å². The van der Waals surface area contributed by atoms with Crippen LogP contribution in [0.1, 0.15) is 28.8 Å². The van der Waals surface area contributed by atoms with Gasteiger partial charge in [-0.25, -0.2) is 4.98 Å². The molecule has 1 fully saturated rings. The van der Waals surface area contributed by atoms with E-state index in [4.69, 9.17) is 4.98 Å². The Balaban J connectivity index is 1.58. The maximum absolute atomic E-state index is 4.70. The van der Waals surface area contributed by atoms with E-state index in [1.54, 1.807) is 4.88 Å². The van der Waals surface area contributed by atoms with Crippen molar-refractivity contribution in [2.45, 2.75) is 38.4 Å². The third-order valence-corrected chi connectivity index (χ3v) is 5.63. The summed E-state index contributed by atoms with van der Waals surface area (Å²) < 4.78 is 1.06. The summed E-state index contributed by atoms with van der Waals surface area (Å²) in [6.45, 7) is 2.97. The first kappa shape index (κ1) is 13.7.